The minimum atomic E-state index is -2.88. The Morgan fingerprint density at radius 2 is 1.93 bits per heavy atom. The zero-order chi connectivity index (χ0) is 21.3. The molecule has 1 fully saturated rings. The van der Waals surface area contributed by atoms with Gasteiger partial charge in [-0.05, 0) is 6.07 Å². The van der Waals surface area contributed by atoms with Crippen molar-refractivity contribution in [3.8, 4) is 11.5 Å². The Kier molecular flexibility index (Phi) is 5.10. The number of aromatic nitrogens is 4. The van der Waals surface area contributed by atoms with Gasteiger partial charge < -0.3 is 14.5 Å². The van der Waals surface area contributed by atoms with Gasteiger partial charge in [0.25, 0.3) is 11.8 Å². The SMILES string of the molecule is CC(=O)OC1CC(Nc2ncc(-c3nnc(C(F)F)o3)cn2)(c2ccccc2F)C1. The number of hydrogen-bond acceptors (Lipinski definition) is 8. The Labute approximate surface area is 168 Å². The molecule has 0 saturated heterocycles. The predicted octanol–water partition coefficient (Wildman–Crippen LogP) is 3.64. The number of esters is 1. The summed E-state index contributed by atoms with van der Waals surface area (Å²) in [6, 6.07) is 6.28. The van der Waals surface area contributed by atoms with Gasteiger partial charge in [-0.2, -0.15) is 8.78 Å². The van der Waals surface area contributed by atoms with Crippen molar-refractivity contribution in [3.05, 3.63) is 53.9 Å². The Morgan fingerprint density at radius 1 is 1.23 bits per heavy atom. The van der Waals surface area contributed by atoms with Crippen molar-refractivity contribution in [2.75, 3.05) is 5.32 Å². The zero-order valence-corrected chi connectivity index (χ0v) is 15.7. The molecule has 0 bridgehead atoms. The lowest BCUT2D eigenvalue weighted by Gasteiger charge is -2.47. The molecule has 30 heavy (non-hydrogen) atoms. The molecule has 2 heterocycles. The molecule has 1 aliphatic rings. The highest BCUT2D eigenvalue weighted by atomic mass is 19.3. The molecule has 0 radical (unpaired) electrons. The van der Waals surface area contributed by atoms with Crippen LogP contribution in [-0.2, 0) is 15.1 Å². The van der Waals surface area contributed by atoms with Crippen LogP contribution in [0, 0.1) is 5.82 Å². The summed E-state index contributed by atoms with van der Waals surface area (Å²) in [6.07, 6.45) is 0.0858. The molecule has 4 rings (SSSR count). The molecule has 1 saturated carbocycles. The van der Waals surface area contributed by atoms with Crippen LogP contribution in [0.5, 0.6) is 0 Å². The lowest BCUT2D eigenvalue weighted by molar-refractivity contribution is -0.153. The van der Waals surface area contributed by atoms with Crippen LogP contribution in [0.4, 0.5) is 19.1 Å². The van der Waals surface area contributed by atoms with Gasteiger partial charge in [-0.3, -0.25) is 4.79 Å². The van der Waals surface area contributed by atoms with Crippen LogP contribution >= 0.6 is 0 Å². The lowest BCUT2D eigenvalue weighted by Crippen LogP contribution is -2.52. The van der Waals surface area contributed by atoms with Crippen LogP contribution in [0.1, 0.15) is 37.6 Å². The van der Waals surface area contributed by atoms with Crippen LogP contribution in [0.3, 0.4) is 0 Å². The zero-order valence-electron chi connectivity index (χ0n) is 15.7. The third-order valence-electron chi connectivity index (χ3n) is 4.75. The second-order valence-corrected chi connectivity index (χ2v) is 6.87. The number of anilines is 1. The molecule has 8 nitrogen and oxygen atoms in total. The van der Waals surface area contributed by atoms with Crippen LogP contribution in [0.15, 0.2) is 41.1 Å². The van der Waals surface area contributed by atoms with Crippen molar-refractivity contribution >= 4 is 11.9 Å². The summed E-state index contributed by atoms with van der Waals surface area (Å²) in [7, 11) is 0. The summed E-state index contributed by atoms with van der Waals surface area (Å²) in [6.45, 7) is 1.31. The molecule has 156 valence electrons. The smallest absolute Gasteiger partial charge is 0.314 e. The average Bonchev–Trinajstić information content (AvgIpc) is 3.17. The van der Waals surface area contributed by atoms with E-state index < -0.39 is 29.6 Å². The van der Waals surface area contributed by atoms with Gasteiger partial charge >= 0.3 is 12.4 Å². The Hall–Kier alpha value is -3.50. The van der Waals surface area contributed by atoms with Gasteiger partial charge in [0.2, 0.25) is 5.95 Å². The monoisotopic (exact) mass is 419 g/mol. The fraction of sp³-hybridized carbons (Fsp3) is 0.316. The third-order valence-corrected chi connectivity index (χ3v) is 4.75. The number of nitrogens with zero attached hydrogens (tertiary/aromatic N) is 4. The molecule has 3 aromatic rings. The molecule has 11 heteroatoms. The normalized spacial score (nSPS) is 20.6. The minimum Gasteiger partial charge on any atom is -0.462 e. The fourth-order valence-electron chi connectivity index (χ4n) is 3.43. The quantitative estimate of drug-likeness (QED) is 0.604. The number of hydrogen-bond donors (Lipinski definition) is 1. The van der Waals surface area contributed by atoms with Gasteiger partial charge in [0.15, 0.2) is 0 Å². The number of alkyl halides is 2. The van der Waals surface area contributed by atoms with Gasteiger partial charge in [-0.1, -0.05) is 18.2 Å². The van der Waals surface area contributed by atoms with Crippen molar-refractivity contribution in [2.24, 2.45) is 0 Å². The van der Waals surface area contributed by atoms with Gasteiger partial charge in [0.1, 0.15) is 11.9 Å². The predicted molar refractivity (Wildman–Crippen MR) is 96.8 cm³/mol. The summed E-state index contributed by atoms with van der Waals surface area (Å²) in [5, 5.41) is 9.91. The third kappa shape index (κ3) is 3.82. The Bertz CT molecular complexity index is 1050. The molecular weight excluding hydrogens is 403 g/mol. The number of carbonyl (C=O) groups is 1. The maximum Gasteiger partial charge on any atom is 0.314 e. The van der Waals surface area contributed by atoms with E-state index in [0.29, 0.717) is 18.4 Å². The molecule has 0 aliphatic heterocycles. The first-order valence-electron chi connectivity index (χ1n) is 9.01. The van der Waals surface area contributed by atoms with Crippen molar-refractivity contribution in [1.82, 2.24) is 20.2 Å². The molecule has 1 aromatic carbocycles. The molecule has 0 amide bonds. The summed E-state index contributed by atoms with van der Waals surface area (Å²) in [5.74, 6) is -1.58. The highest BCUT2D eigenvalue weighted by molar-refractivity contribution is 5.66. The molecule has 0 spiro atoms. The summed E-state index contributed by atoms with van der Waals surface area (Å²) in [5.41, 5.74) is -0.203. The molecule has 0 atom stereocenters. The Morgan fingerprint density at radius 3 is 2.53 bits per heavy atom. The first-order valence-corrected chi connectivity index (χ1v) is 9.01. The Balaban J connectivity index is 1.56. The number of ether oxygens (including phenoxy) is 1. The van der Waals surface area contributed by atoms with E-state index in [4.69, 9.17) is 9.15 Å². The minimum absolute atomic E-state index is 0.140. The first kappa shape index (κ1) is 19.8. The van der Waals surface area contributed by atoms with E-state index in [-0.39, 0.29) is 23.5 Å². The van der Waals surface area contributed by atoms with E-state index in [1.165, 1.54) is 25.4 Å². The van der Waals surface area contributed by atoms with E-state index in [1.54, 1.807) is 18.2 Å². The molecule has 1 N–H and O–H groups in total. The van der Waals surface area contributed by atoms with E-state index in [9.17, 15) is 18.0 Å². The topological polar surface area (TPSA) is 103 Å². The largest absolute Gasteiger partial charge is 0.462 e. The van der Waals surface area contributed by atoms with Crippen LogP contribution in [0.2, 0.25) is 0 Å². The number of nitrogens with one attached hydrogen (secondary N) is 1. The number of benzene rings is 1. The van der Waals surface area contributed by atoms with Crippen LogP contribution in [0.25, 0.3) is 11.5 Å². The highest BCUT2D eigenvalue weighted by Gasteiger charge is 2.49. The van der Waals surface area contributed by atoms with Crippen molar-refractivity contribution in [3.63, 3.8) is 0 Å². The van der Waals surface area contributed by atoms with E-state index in [0.717, 1.165) is 0 Å². The van der Waals surface area contributed by atoms with Gasteiger partial charge in [-0.25, -0.2) is 14.4 Å². The van der Waals surface area contributed by atoms with Crippen molar-refractivity contribution < 1.29 is 27.1 Å². The van der Waals surface area contributed by atoms with Crippen molar-refractivity contribution in [1.29, 1.82) is 0 Å². The highest BCUT2D eigenvalue weighted by Crippen LogP contribution is 2.46. The number of rotatable bonds is 6. The maximum atomic E-state index is 14.5. The summed E-state index contributed by atoms with van der Waals surface area (Å²) < 4.78 is 49.7. The second-order valence-electron chi connectivity index (χ2n) is 6.87. The first-order chi connectivity index (χ1) is 14.4. The van der Waals surface area contributed by atoms with Gasteiger partial charge in [-0.15, -0.1) is 10.2 Å². The van der Waals surface area contributed by atoms with E-state index in [2.05, 4.69) is 25.5 Å². The second kappa shape index (κ2) is 7.73. The van der Waals surface area contributed by atoms with Crippen molar-refractivity contribution in [2.45, 2.75) is 37.8 Å². The fourth-order valence-corrected chi connectivity index (χ4v) is 3.43. The van der Waals surface area contributed by atoms with Crippen LogP contribution in [-0.4, -0.2) is 32.2 Å². The number of halogens is 3. The molecule has 2 aromatic heterocycles. The van der Waals surface area contributed by atoms with Crippen LogP contribution < -0.4 is 5.32 Å². The number of carbonyl (C=O) groups excluding carboxylic acids is 1. The average molecular weight is 419 g/mol. The van der Waals surface area contributed by atoms with E-state index >= 15 is 0 Å². The molecular formula is C19H16F3N5O3. The molecule has 1 aliphatic carbocycles. The molecule has 0 unspecified atom stereocenters. The van der Waals surface area contributed by atoms with Gasteiger partial charge in [0.05, 0.1) is 11.1 Å². The van der Waals surface area contributed by atoms with E-state index in [1.807, 2.05) is 0 Å². The standard InChI is InChI=1S/C19H16F3N5O3/c1-10(28)29-12-6-19(7-12,13-4-2-3-5-14(13)20)25-18-23-8-11(9-24-18)16-26-27-17(30-16)15(21)22/h2-5,8-9,12,15H,6-7H2,1H3,(H,23,24,25). The van der Waals surface area contributed by atoms with Gasteiger partial charge in [0, 0.05) is 37.7 Å². The maximum absolute atomic E-state index is 14.5. The summed E-state index contributed by atoms with van der Waals surface area (Å²) in [4.78, 5) is 19.5. The lowest BCUT2D eigenvalue weighted by atomic mass is 9.69. The summed E-state index contributed by atoms with van der Waals surface area (Å²) >= 11 is 0.